The number of nitrogens with one attached hydrogen (secondary N) is 2. The normalized spacial score (nSPS) is 15.1. The van der Waals surface area contributed by atoms with Crippen LogP contribution in [0, 0.1) is 5.92 Å². The maximum absolute atomic E-state index is 13.3. The van der Waals surface area contributed by atoms with Crippen molar-refractivity contribution in [2.45, 2.75) is 36.6 Å². The summed E-state index contributed by atoms with van der Waals surface area (Å²) in [7, 11) is 0. The number of aromatic nitrogens is 1. The van der Waals surface area contributed by atoms with Gasteiger partial charge in [0.2, 0.25) is 22.9 Å². The minimum Gasteiger partial charge on any atom is -0.354 e. The van der Waals surface area contributed by atoms with Crippen molar-refractivity contribution in [2.75, 3.05) is 19.6 Å². The number of nitrogens with zero attached hydrogens (tertiary/aromatic N) is 2. The number of pyridine rings is 1. The summed E-state index contributed by atoms with van der Waals surface area (Å²) in [6, 6.07) is 28.2. The summed E-state index contributed by atoms with van der Waals surface area (Å²) in [6.07, 6.45) is 3.82. The predicted molar refractivity (Wildman–Crippen MR) is 166 cm³/mol. The number of rotatable bonds is 11. The minimum atomic E-state index is -1.65. The van der Waals surface area contributed by atoms with E-state index in [9.17, 15) is 13.8 Å². The molecule has 0 saturated carbocycles. The van der Waals surface area contributed by atoms with Gasteiger partial charge in [0.1, 0.15) is 12.8 Å². The molecule has 2 amide bonds. The Hall–Kier alpha value is -4.25. The number of piperidine rings is 1. The topological polar surface area (TPSA) is 118 Å². The molecule has 4 aromatic rings. The van der Waals surface area contributed by atoms with E-state index in [1.807, 2.05) is 97.8 Å². The Bertz CT molecular complexity index is 1500. The fraction of sp³-hybridized carbons (Fsp3) is 0.273. The number of hydroxylamine groups is 2. The molecule has 1 aromatic heterocycles. The van der Waals surface area contributed by atoms with Crippen molar-refractivity contribution in [1.29, 1.82) is 0 Å². The summed E-state index contributed by atoms with van der Waals surface area (Å²) in [6.45, 7) is 3.37. The van der Waals surface area contributed by atoms with E-state index in [1.165, 1.54) is 0 Å². The SMILES string of the molecule is C=O.O=C(NC(Cc1ccccc1)C(=O)NCCc1ccccn1)C1CCN(OS(=O)c2ccc3ccccc3c2)CC1. The second-order valence-corrected chi connectivity index (χ2v) is 11.2. The van der Waals surface area contributed by atoms with E-state index < -0.39 is 17.1 Å². The van der Waals surface area contributed by atoms with E-state index in [0.29, 0.717) is 50.2 Å². The number of fused-ring (bicyclic) bond motifs is 1. The van der Waals surface area contributed by atoms with Gasteiger partial charge in [-0.3, -0.25) is 14.6 Å². The maximum Gasteiger partial charge on any atom is 0.242 e. The lowest BCUT2D eigenvalue weighted by Gasteiger charge is -2.30. The van der Waals surface area contributed by atoms with Crippen LogP contribution in [0.2, 0.25) is 0 Å². The van der Waals surface area contributed by atoms with Crippen LogP contribution < -0.4 is 10.6 Å². The average Bonchev–Trinajstić information content (AvgIpc) is 3.06. The third-order valence-corrected chi connectivity index (χ3v) is 8.22. The first kappa shape index (κ1) is 31.7. The van der Waals surface area contributed by atoms with Crippen LogP contribution >= 0.6 is 0 Å². The Morgan fingerprint density at radius 2 is 1.63 bits per heavy atom. The number of hydrogen-bond donors (Lipinski definition) is 2. The lowest BCUT2D eigenvalue weighted by atomic mass is 9.96. The molecular formula is C33H36N4O5S. The molecule has 1 saturated heterocycles. The Kier molecular flexibility index (Phi) is 12.1. The zero-order valence-corrected chi connectivity index (χ0v) is 24.7. The number of carbonyl (C=O) groups is 3. The van der Waals surface area contributed by atoms with Crippen molar-refractivity contribution in [1.82, 2.24) is 20.7 Å². The van der Waals surface area contributed by atoms with Gasteiger partial charge in [0.25, 0.3) is 0 Å². The quantitative estimate of drug-likeness (QED) is 0.269. The van der Waals surface area contributed by atoms with Crippen molar-refractivity contribution in [3.8, 4) is 0 Å². The second kappa shape index (κ2) is 16.4. The van der Waals surface area contributed by atoms with E-state index in [2.05, 4.69) is 15.6 Å². The van der Waals surface area contributed by atoms with Crippen LogP contribution in [0.1, 0.15) is 24.1 Å². The Labute approximate surface area is 254 Å². The highest BCUT2D eigenvalue weighted by atomic mass is 32.2. The fourth-order valence-corrected chi connectivity index (χ4v) is 5.76. The van der Waals surface area contributed by atoms with Gasteiger partial charge in [-0.25, -0.2) is 4.21 Å². The molecular weight excluding hydrogens is 564 g/mol. The van der Waals surface area contributed by atoms with Crippen LogP contribution in [-0.2, 0) is 42.6 Å². The summed E-state index contributed by atoms with van der Waals surface area (Å²) in [5.74, 6) is -0.630. The Morgan fingerprint density at radius 3 is 2.35 bits per heavy atom. The molecule has 2 heterocycles. The summed E-state index contributed by atoms with van der Waals surface area (Å²) in [5, 5.41) is 9.70. The minimum absolute atomic E-state index is 0.152. The van der Waals surface area contributed by atoms with Gasteiger partial charge in [0.15, 0.2) is 0 Å². The molecule has 9 nitrogen and oxygen atoms in total. The third kappa shape index (κ3) is 9.37. The first-order chi connectivity index (χ1) is 21.0. The van der Waals surface area contributed by atoms with Gasteiger partial charge in [-0.05, 0) is 53.4 Å². The molecule has 5 rings (SSSR count). The smallest absolute Gasteiger partial charge is 0.242 e. The first-order valence-corrected chi connectivity index (χ1v) is 15.3. The van der Waals surface area contributed by atoms with E-state index in [-0.39, 0.29) is 17.7 Å². The second-order valence-electron chi connectivity index (χ2n) is 10.1. The zero-order chi connectivity index (χ0) is 30.4. The van der Waals surface area contributed by atoms with Gasteiger partial charge in [0, 0.05) is 50.3 Å². The van der Waals surface area contributed by atoms with Gasteiger partial charge < -0.3 is 15.4 Å². The van der Waals surface area contributed by atoms with Crippen LogP contribution in [0.15, 0.2) is 102 Å². The lowest BCUT2D eigenvalue weighted by Crippen LogP contribution is -2.51. The molecule has 10 heteroatoms. The molecule has 1 aliphatic heterocycles. The number of hydrogen-bond acceptors (Lipinski definition) is 7. The summed E-state index contributed by atoms with van der Waals surface area (Å²) in [4.78, 5) is 39.3. The van der Waals surface area contributed by atoms with Crippen molar-refractivity contribution in [2.24, 2.45) is 5.92 Å². The van der Waals surface area contributed by atoms with Crippen molar-refractivity contribution in [3.05, 3.63) is 108 Å². The maximum atomic E-state index is 13.3. The van der Waals surface area contributed by atoms with E-state index in [1.54, 1.807) is 11.3 Å². The third-order valence-electron chi connectivity index (χ3n) is 7.23. The average molecular weight is 601 g/mol. The highest BCUT2D eigenvalue weighted by molar-refractivity contribution is 7.80. The highest BCUT2D eigenvalue weighted by Crippen LogP contribution is 2.22. The van der Waals surface area contributed by atoms with Gasteiger partial charge in [-0.1, -0.05) is 66.7 Å². The molecule has 3 aromatic carbocycles. The van der Waals surface area contributed by atoms with Crippen LogP contribution in [0.25, 0.3) is 10.8 Å². The van der Waals surface area contributed by atoms with Crippen LogP contribution in [0.4, 0.5) is 0 Å². The van der Waals surface area contributed by atoms with Crippen LogP contribution in [0.3, 0.4) is 0 Å². The van der Waals surface area contributed by atoms with Crippen LogP contribution in [0.5, 0.6) is 0 Å². The molecule has 0 aliphatic carbocycles. The van der Waals surface area contributed by atoms with Crippen LogP contribution in [-0.4, -0.2) is 58.5 Å². The molecule has 0 radical (unpaired) electrons. The highest BCUT2D eigenvalue weighted by Gasteiger charge is 2.30. The molecule has 1 aliphatic rings. The lowest BCUT2D eigenvalue weighted by molar-refractivity contribution is -0.134. The van der Waals surface area contributed by atoms with Gasteiger partial charge >= 0.3 is 0 Å². The van der Waals surface area contributed by atoms with Crippen molar-refractivity contribution >= 4 is 40.5 Å². The van der Waals surface area contributed by atoms with Gasteiger partial charge in [-0.15, -0.1) is 0 Å². The summed E-state index contributed by atoms with van der Waals surface area (Å²) < 4.78 is 18.6. The Balaban J connectivity index is 0.00000207. The van der Waals surface area contributed by atoms with E-state index in [4.69, 9.17) is 9.08 Å². The molecule has 43 heavy (non-hydrogen) atoms. The van der Waals surface area contributed by atoms with Crippen molar-refractivity contribution < 1.29 is 22.9 Å². The fourth-order valence-electron chi connectivity index (χ4n) is 4.93. The summed E-state index contributed by atoms with van der Waals surface area (Å²) >= 11 is -1.65. The monoisotopic (exact) mass is 600 g/mol. The molecule has 2 unspecified atom stereocenters. The summed E-state index contributed by atoms with van der Waals surface area (Å²) in [5.41, 5.74) is 1.86. The largest absolute Gasteiger partial charge is 0.354 e. The van der Waals surface area contributed by atoms with E-state index >= 15 is 0 Å². The van der Waals surface area contributed by atoms with Crippen molar-refractivity contribution in [3.63, 3.8) is 0 Å². The molecule has 2 atom stereocenters. The molecule has 224 valence electrons. The molecule has 1 fully saturated rings. The van der Waals surface area contributed by atoms with Gasteiger partial charge in [0.05, 0.1) is 4.90 Å². The molecule has 2 N–H and O–H groups in total. The number of benzene rings is 3. The van der Waals surface area contributed by atoms with Gasteiger partial charge in [-0.2, -0.15) is 9.35 Å². The number of carbonyl (C=O) groups excluding carboxylic acids is 3. The predicted octanol–water partition coefficient (Wildman–Crippen LogP) is 3.80. The standard InChI is InChI=1S/C32H34N4O4S.CH2O/c37-31(26-16-20-36(21-17-26)40-41(39)29-14-13-25-10-4-5-11-27(25)23-29)35-30(22-24-8-2-1-3-9-24)32(38)34-19-15-28-12-6-7-18-33-28;1-2/h1-14,18,23,26,30H,15-17,19-22H2,(H,34,38)(H,35,37);1H2. The molecule has 0 spiro atoms. The van der Waals surface area contributed by atoms with E-state index in [0.717, 1.165) is 22.0 Å². The zero-order valence-electron chi connectivity index (χ0n) is 23.9. The Morgan fingerprint density at radius 1 is 0.930 bits per heavy atom. The molecule has 0 bridgehead atoms. The first-order valence-electron chi connectivity index (χ1n) is 14.2. The number of amides is 2.